The molecule has 0 unspecified atom stereocenters. The van der Waals surface area contributed by atoms with Crippen LogP contribution in [0.4, 0.5) is 17.2 Å². The number of rotatable bonds is 7. The van der Waals surface area contributed by atoms with Crippen LogP contribution in [0.25, 0.3) is 110 Å². The monoisotopic (exact) mass is 1070 g/mol. The largest absolute Gasteiger partial charge is 0.309 e. The van der Waals surface area contributed by atoms with Crippen molar-refractivity contribution in [3.05, 3.63) is 320 Å². The molecular weight excluding hydrogens is 1020 g/mol. The van der Waals surface area contributed by atoms with Gasteiger partial charge in [-0.15, -0.1) is 0 Å². The van der Waals surface area contributed by atoms with Crippen LogP contribution in [0.1, 0.15) is 22.3 Å². The van der Waals surface area contributed by atoms with Crippen LogP contribution in [0, 0.1) is 0 Å². The van der Waals surface area contributed by atoms with E-state index < -0.39 is 5.41 Å². The summed E-state index contributed by atoms with van der Waals surface area (Å²) in [5.74, 6) is 1.55. The van der Waals surface area contributed by atoms with Crippen molar-refractivity contribution in [3.63, 3.8) is 0 Å². The van der Waals surface area contributed by atoms with E-state index in [1.54, 1.807) is 0 Å². The van der Waals surface area contributed by atoms with Crippen LogP contribution < -0.4 is 4.90 Å². The molecule has 0 N–H and O–H groups in total. The normalized spacial score (nSPS) is 13.1. The molecule has 7 heteroatoms. The highest BCUT2D eigenvalue weighted by Crippen LogP contribution is 2.57. The molecule has 84 heavy (non-hydrogen) atoms. The highest BCUT2D eigenvalue weighted by molar-refractivity contribution is 6.14. The smallest absolute Gasteiger partial charge is 0.142 e. The van der Waals surface area contributed by atoms with Crippen molar-refractivity contribution in [3.8, 4) is 22.9 Å². The number of nitrogens with zero attached hydrogens (tertiary/aromatic N) is 7. The number of pyridine rings is 2. The Bertz CT molecular complexity index is 5080. The van der Waals surface area contributed by atoms with Crippen molar-refractivity contribution >= 4 is 104 Å². The minimum absolute atomic E-state index is 0.684. The fourth-order valence-electron chi connectivity index (χ4n) is 14.5. The minimum atomic E-state index is -0.684. The average molecular weight is 1070 g/mol. The lowest BCUT2D eigenvalue weighted by atomic mass is 9.62. The first-order valence-electron chi connectivity index (χ1n) is 28.7. The molecule has 18 rings (SSSR count). The lowest BCUT2D eigenvalue weighted by Gasteiger charge is -2.45. The van der Waals surface area contributed by atoms with E-state index in [2.05, 4.69) is 308 Å². The highest BCUT2D eigenvalue weighted by Gasteiger charge is 2.47. The number of fused-ring (bicyclic) bond motifs is 14. The van der Waals surface area contributed by atoms with Gasteiger partial charge in [0.25, 0.3) is 0 Å². The maximum atomic E-state index is 5.96. The van der Waals surface area contributed by atoms with Crippen LogP contribution in [-0.4, -0.2) is 28.2 Å². The van der Waals surface area contributed by atoms with Crippen molar-refractivity contribution < 1.29 is 0 Å². The minimum Gasteiger partial charge on any atom is -0.309 e. The molecule has 0 radical (unpaired) electrons. The van der Waals surface area contributed by atoms with Gasteiger partial charge in [-0.25, -0.2) is 4.98 Å². The molecule has 1 aliphatic rings. The van der Waals surface area contributed by atoms with Gasteiger partial charge in [-0.05, 0) is 107 Å². The number of aromatic nitrogens is 6. The third-order valence-corrected chi connectivity index (χ3v) is 17.9. The predicted molar refractivity (Wildman–Crippen MR) is 346 cm³/mol. The molecule has 1 aliphatic heterocycles. The zero-order valence-electron chi connectivity index (χ0n) is 45.4. The second-order valence-corrected chi connectivity index (χ2v) is 22.1. The second kappa shape index (κ2) is 17.9. The van der Waals surface area contributed by atoms with Crippen molar-refractivity contribution in [1.29, 1.82) is 0 Å². The van der Waals surface area contributed by atoms with Gasteiger partial charge in [-0.2, -0.15) is 0 Å². The Morgan fingerprint density at radius 3 is 1.13 bits per heavy atom. The summed E-state index contributed by atoms with van der Waals surface area (Å²) in [6, 6.07) is 104. The van der Waals surface area contributed by atoms with Gasteiger partial charge >= 0.3 is 0 Å². The predicted octanol–water partition coefficient (Wildman–Crippen LogP) is 19.0. The van der Waals surface area contributed by atoms with E-state index in [1.807, 2.05) is 12.4 Å². The molecule has 0 saturated heterocycles. The molecule has 7 nitrogen and oxygen atoms in total. The number of para-hydroxylation sites is 7. The molecule has 7 heterocycles. The summed E-state index contributed by atoms with van der Waals surface area (Å²) in [4.78, 5) is 13.3. The first-order chi connectivity index (χ1) is 41.7. The summed E-state index contributed by atoms with van der Waals surface area (Å²) in [6.45, 7) is 0. The lowest BCUT2D eigenvalue weighted by molar-refractivity contribution is 0.727. The summed E-state index contributed by atoms with van der Waals surface area (Å²) in [5, 5.41) is 9.55. The Hall–Kier alpha value is -11.3. The molecule has 392 valence electrons. The van der Waals surface area contributed by atoms with Gasteiger partial charge in [0, 0.05) is 72.8 Å². The number of hydrogen-bond acceptors (Lipinski definition) is 3. The van der Waals surface area contributed by atoms with Crippen molar-refractivity contribution in [2.45, 2.75) is 5.41 Å². The van der Waals surface area contributed by atoms with Crippen LogP contribution in [0.2, 0.25) is 0 Å². The zero-order valence-corrected chi connectivity index (χ0v) is 45.4. The molecular formula is C77H49N7. The second-order valence-electron chi connectivity index (χ2n) is 22.1. The Morgan fingerprint density at radius 2 is 0.631 bits per heavy atom. The Labute approximate surface area is 483 Å². The van der Waals surface area contributed by atoms with E-state index in [-0.39, 0.29) is 0 Å². The van der Waals surface area contributed by atoms with Gasteiger partial charge in [-0.3, -0.25) is 14.5 Å². The molecule has 0 atom stereocenters. The van der Waals surface area contributed by atoms with E-state index in [0.717, 1.165) is 94.8 Å². The van der Waals surface area contributed by atoms with Crippen LogP contribution in [-0.2, 0) is 5.41 Å². The molecule has 0 amide bonds. The maximum Gasteiger partial charge on any atom is 0.142 e. The Kier molecular flexibility index (Phi) is 9.88. The first kappa shape index (κ1) is 46.5. The summed E-state index contributed by atoms with van der Waals surface area (Å²) < 4.78 is 9.64. The summed E-state index contributed by atoms with van der Waals surface area (Å²) >= 11 is 0. The molecule has 0 aliphatic carbocycles. The van der Waals surface area contributed by atoms with Crippen LogP contribution in [0.15, 0.2) is 298 Å². The molecule has 17 aromatic rings. The van der Waals surface area contributed by atoms with Crippen LogP contribution in [0.5, 0.6) is 0 Å². The fourth-order valence-corrected chi connectivity index (χ4v) is 14.5. The molecule has 0 spiro atoms. The van der Waals surface area contributed by atoms with Gasteiger partial charge in [0.15, 0.2) is 0 Å². The van der Waals surface area contributed by atoms with E-state index in [1.165, 1.54) is 54.7 Å². The van der Waals surface area contributed by atoms with Crippen molar-refractivity contribution in [2.24, 2.45) is 0 Å². The highest BCUT2D eigenvalue weighted by atomic mass is 15.2. The van der Waals surface area contributed by atoms with E-state index in [4.69, 9.17) is 9.97 Å². The zero-order chi connectivity index (χ0) is 55.0. The van der Waals surface area contributed by atoms with Gasteiger partial charge < -0.3 is 13.7 Å². The molecule has 0 bridgehead atoms. The third-order valence-electron chi connectivity index (χ3n) is 17.9. The number of benzene rings is 11. The Balaban J connectivity index is 0.922. The topological polar surface area (TPSA) is 48.7 Å². The van der Waals surface area contributed by atoms with E-state index in [9.17, 15) is 0 Å². The third kappa shape index (κ3) is 6.46. The number of hydrogen-bond donors (Lipinski definition) is 0. The van der Waals surface area contributed by atoms with Gasteiger partial charge in [0.05, 0.1) is 72.8 Å². The van der Waals surface area contributed by atoms with Gasteiger partial charge in [0.1, 0.15) is 11.6 Å². The van der Waals surface area contributed by atoms with Crippen LogP contribution in [0.3, 0.4) is 0 Å². The molecule has 0 fully saturated rings. The average Bonchev–Trinajstić information content (AvgIpc) is 1.20. The van der Waals surface area contributed by atoms with Gasteiger partial charge in [-0.1, -0.05) is 188 Å². The molecule has 0 saturated carbocycles. The quantitative estimate of drug-likeness (QED) is 0.160. The van der Waals surface area contributed by atoms with Gasteiger partial charge in [0.2, 0.25) is 0 Å². The maximum absolute atomic E-state index is 5.96. The number of anilines is 3. The van der Waals surface area contributed by atoms with Crippen molar-refractivity contribution in [2.75, 3.05) is 4.90 Å². The SMILES string of the molecule is c1ccc(C2(c3ccccc3)c3ccccc3N(c3cc(-n4c5ccccc5c5cc(-n6c7ccccc7c7ccccc76)ccc54)cc(-n4c5ccccc5c5cc(-n6c7ccccc7c7ccccc76)ccc54)n3)c3cnccc32)cc1. The first-order valence-corrected chi connectivity index (χ1v) is 28.7. The summed E-state index contributed by atoms with van der Waals surface area (Å²) in [5.41, 5.74) is 18.1. The van der Waals surface area contributed by atoms with Crippen molar-refractivity contribution in [1.82, 2.24) is 28.2 Å². The lowest BCUT2D eigenvalue weighted by Crippen LogP contribution is -2.38. The fraction of sp³-hybridized carbons (Fsp3) is 0.0130. The standard InChI is InChI=1S/C77H49N7/c1-3-21-50(22-4-1)77(51-23-5-2-6-24-51)63-31-13-20-38-73(63)84(74-49-78-44-43-64(74)77)76-48-54(82-69-36-18-11-29-59(69)61-45-52(39-41-71(61)82)80-65-32-14-7-25-55(65)56-26-8-15-33-66(56)80)47-75(79-76)83-70-37-19-12-30-60(70)62-46-53(40-42-72(62)83)81-67-34-16-9-27-57(67)58-28-10-17-35-68(58)81/h1-49H. The molecule has 6 aromatic heterocycles. The summed E-state index contributed by atoms with van der Waals surface area (Å²) in [6.07, 6.45) is 3.98. The summed E-state index contributed by atoms with van der Waals surface area (Å²) in [7, 11) is 0. The molecule has 11 aromatic carbocycles. The van der Waals surface area contributed by atoms with Crippen LogP contribution >= 0.6 is 0 Å². The van der Waals surface area contributed by atoms with E-state index >= 15 is 0 Å². The van der Waals surface area contributed by atoms with E-state index in [0.29, 0.717) is 0 Å². The Morgan fingerprint density at radius 1 is 0.262 bits per heavy atom.